The second-order valence-electron chi connectivity index (χ2n) is 4.67. The number of alkyl halides is 3. The van der Waals surface area contributed by atoms with Gasteiger partial charge in [-0.1, -0.05) is 18.2 Å². The second-order valence-corrected chi connectivity index (χ2v) is 4.67. The van der Waals surface area contributed by atoms with E-state index >= 15 is 0 Å². The molecule has 0 aliphatic carbocycles. The summed E-state index contributed by atoms with van der Waals surface area (Å²) in [5, 5.41) is 14.8. The lowest BCUT2D eigenvalue weighted by Crippen LogP contribution is -2.38. The Morgan fingerprint density at radius 1 is 1.37 bits per heavy atom. The number of aryl methyl sites for hydroxylation is 1. The molecule has 0 saturated heterocycles. The molecule has 2 rings (SSSR count). The fraction of sp³-hybridized carbons (Fsp3) is 0.538. The van der Waals surface area contributed by atoms with Crippen LogP contribution < -0.4 is 10.6 Å². The Kier molecular flexibility index (Phi) is 4.31. The first kappa shape index (κ1) is 14.1. The smallest absolute Gasteiger partial charge is 0.385 e. The number of rotatable bonds is 4. The van der Waals surface area contributed by atoms with E-state index in [9.17, 15) is 13.2 Å². The number of hydrogen-bond acceptors (Lipinski definition) is 3. The van der Waals surface area contributed by atoms with Crippen molar-refractivity contribution in [2.45, 2.75) is 31.7 Å². The van der Waals surface area contributed by atoms with Crippen LogP contribution in [-0.4, -0.2) is 30.5 Å². The number of aliphatic hydroxyl groups excluding tert-OH is 1. The van der Waals surface area contributed by atoms with Gasteiger partial charge in [-0.25, -0.2) is 0 Å². The quantitative estimate of drug-likeness (QED) is 0.787. The van der Waals surface area contributed by atoms with E-state index in [1.165, 1.54) is 5.56 Å². The number of aliphatic hydroxyl groups is 1. The van der Waals surface area contributed by atoms with Crippen LogP contribution in [0, 0.1) is 0 Å². The van der Waals surface area contributed by atoms with Crippen LogP contribution in [0.1, 0.15) is 17.5 Å². The summed E-state index contributed by atoms with van der Waals surface area (Å²) in [6, 6.07) is 5.81. The fourth-order valence-corrected chi connectivity index (χ4v) is 2.19. The highest BCUT2D eigenvalue weighted by Gasteiger charge is 2.37. The van der Waals surface area contributed by atoms with E-state index in [1.807, 2.05) is 18.2 Å². The van der Waals surface area contributed by atoms with Crippen LogP contribution in [0.3, 0.4) is 0 Å². The third kappa shape index (κ3) is 3.61. The highest BCUT2D eigenvalue weighted by molar-refractivity contribution is 5.59. The summed E-state index contributed by atoms with van der Waals surface area (Å²) >= 11 is 0. The van der Waals surface area contributed by atoms with Crippen LogP contribution in [0.4, 0.5) is 18.9 Å². The van der Waals surface area contributed by atoms with Crippen molar-refractivity contribution < 1.29 is 18.3 Å². The Hall–Kier alpha value is -1.27. The predicted octanol–water partition coefficient (Wildman–Crippen LogP) is 2.06. The van der Waals surface area contributed by atoms with Gasteiger partial charge in [-0.05, 0) is 24.0 Å². The zero-order valence-corrected chi connectivity index (χ0v) is 10.4. The summed E-state index contributed by atoms with van der Waals surface area (Å²) < 4.78 is 36.4. The van der Waals surface area contributed by atoms with Gasteiger partial charge >= 0.3 is 6.18 Å². The van der Waals surface area contributed by atoms with E-state index in [2.05, 4.69) is 10.6 Å². The molecule has 0 aromatic heterocycles. The number of para-hydroxylation sites is 1. The lowest BCUT2D eigenvalue weighted by atomic mass is 9.99. The molecule has 106 valence electrons. The third-order valence-corrected chi connectivity index (χ3v) is 3.19. The predicted molar refractivity (Wildman–Crippen MR) is 67.0 cm³/mol. The second kappa shape index (κ2) is 5.79. The summed E-state index contributed by atoms with van der Waals surface area (Å²) in [7, 11) is 0. The minimum Gasteiger partial charge on any atom is -0.385 e. The van der Waals surface area contributed by atoms with Gasteiger partial charge in [0.25, 0.3) is 0 Å². The van der Waals surface area contributed by atoms with Gasteiger partial charge in [-0.3, -0.25) is 0 Å². The lowest BCUT2D eigenvalue weighted by Gasteiger charge is -2.22. The van der Waals surface area contributed by atoms with E-state index in [1.54, 1.807) is 0 Å². The van der Waals surface area contributed by atoms with Crippen molar-refractivity contribution >= 4 is 5.69 Å². The van der Waals surface area contributed by atoms with Gasteiger partial charge in [0.1, 0.15) is 0 Å². The van der Waals surface area contributed by atoms with Crippen molar-refractivity contribution in [3.05, 3.63) is 29.3 Å². The van der Waals surface area contributed by atoms with E-state index in [4.69, 9.17) is 5.11 Å². The maximum atomic E-state index is 12.1. The minimum atomic E-state index is -4.57. The normalized spacial score (nSPS) is 16.6. The van der Waals surface area contributed by atoms with Crippen LogP contribution in [-0.2, 0) is 13.0 Å². The maximum Gasteiger partial charge on any atom is 0.415 e. The van der Waals surface area contributed by atoms with Gasteiger partial charge in [0, 0.05) is 25.3 Å². The summed E-state index contributed by atoms with van der Waals surface area (Å²) in [5.41, 5.74) is 3.15. The molecule has 19 heavy (non-hydrogen) atoms. The molecule has 1 aromatic carbocycles. The van der Waals surface area contributed by atoms with Gasteiger partial charge in [0.15, 0.2) is 6.10 Å². The van der Waals surface area contributed by atoms with Crippen molar-refractivity contribution in [3.8, 4) is 0 Å². The van der Waals surface area contributed by atoms with Crippen LogP contribution in [0.5, 0.6) is 0 Å². The van der Waals surface area contributed by atoms with Crippen molar-refractivity contribution in [1.82, 2.24) is 5.32 Å². The summed E-state index contributed by atoms with van der Waals surface area (Å²) in [5.74, 6) is 0. The fourth-order valence-electron chi connectivity index (χ4n) is 2.19. The maximum absolute atomic E-state index is 12.1. The van der Waals surface area contributed by atoms with Gasteiger partial charge in [0.05, 0.1) is 0 Å². The molecular formula is C13H17F3N2O. The third-order valence-electron chi connectivity index (χ3n) is 3.19. The Bertz CT molecular complexity index is 434. The molecule has 3 nitrogen and oxygen atoms in total. The molecule has 0 spiro atoms. The van der Waals surface area contributed by atoms with Crippen LogP contribution >= 0.6 is 0 Å². The summed E-state index contributed by atoms with van der Waals surface area (Å²) in [6.45, 7) is 0.700. The Balaban J connectivity index is 1.93. The van der Waals surface area contributed by atoms with Crippen LogP contribution in [0.25, 0.3) is 0 Å². The molecule has 0 bridgehead atoms. The van der Waals surface area contributed by atoms with Gasteiger partial charge in [-0.2, -0.15) is 13.2 Å². The van der Waals surface area contributed by atoms with Crippen molar-refractivity contribution in [3.63, 3.8) is 0 Å². The van der Waals surface area contributed by atoms with E-state index in [0.29, 0.717) is 6.54 Å². The van der Waals surface area contributed by atoms with Crippen molar-refractivity contribution in [1.29, 1.82) is 0 Å². The molecule has 0 amide bonds. The molecule has 1 unspecified atom stereocenters. The molecule has 3 N–H and O–H groups in total. The Morgan fingerprint density at radius 3 is 2.89 bits per heavy atom. The number of hydrogen-bond donors (Lipinski definition) is 3. The first-order valence-electron chi connectivity index (χ1n) is 6.28. The zero-order valence-electron chi connectivity index (χ0n) is 10.4. The molecule has 1 aliphatic rings. The largest absolute Gasteiger partial charge is 0.415 e. The van der Waals surface area contributed by atoms with Gasteiger partial charge in [-0.15, -0.1) is 0 Å². The molecular weight excluding hydrogens is 257 g/mol. The summed E-state index contributed by atoms with van der Waals surface area (Å²) in [6.07, 6.45) is -4.83. The van der Waals surface area contributed by atoms with E-state index < -0.39 is 18.8 Å². The molecule has 0 saturated carbocycles. The zero-order chi connectivity index (χ0) is 13.9. The Labute approximate surface area is 109 Å². The van der Waals surface area contributed by atoms with Gasteiger partial charge in [0.2, 0.25) is 0 Å². The first-order chi connectivity index (χ1) is 8.98. The highest BCUT2D eigenvalue weighted by Crippen LogP contribution is 2.26. The number of nitrogens with one attached hydrogen (secondary N) is 2. The highest BCUT2D eigenvalue weighted by atomic mass is 19.4. The SMILES string of the molecule is OC(CNCc1cccc2c1NCCC2)C(F)(F)F. The molecule has 6 heteroatoms. The number of benzene rings is 1. The molecule has 1 aromatic rings. The van der Waals surface area contributed by atoms with E-state index in [-0.39, 0.29) is 0 Å². The average Bonchev–Trinajstić information content (AvgIpc) is 2.38. The van der Waals surface area contributed by atoms with Crippen molar-refractivity contribution in [2.75, 3.05) is 18.4 Å². The van der Waals surface area contributed by atoms with Crippen molar-refractivity contribution in [2.24, 2.45) is 0 Å². The first-order valence-corrected chi connectivity index (χ1v) is 6.28. The topological polar surface area (TPSA) is 44.3 Å². The van der Waals surface area contributed by atoms with Gasteiger partial charge < -0.3 is 15.7 Å². The van der Waals surface area contributed by atoms with Crippen LogP contribution in [0.15, 0.2) is 18.2 Å². The standard InChI is InChI=1S/C13H17F3N2O/c14-13(15,16)11(19)8-17-7-10-4-1-3-9-5-2-6-18-12(9)10/h1,3-4,11,17-19H,2,5-8H2. The Morgan fingerprint density at radius 2 is 2.16 bits per heavy atom. The summed E-state index contributed by atoms with van der Waals surface area (Å²) in [4.78, 5) is 0. The molecule has 0 fully saturated rings. The van der Waals surface area contributed by atoms with Crippen LogP contribution in [0.2, 0.25) is 0 Å². The van der Waals surface area contributed by atoms with E-state index in [0.717, 1.165) is 30.6 Å². The molecule has 1 aliphatic heterocycles. The number of halogens is 3. The lowest BCUT2D eigenvalue weighted by molar-refractivity contribution is -0.201. The molecule has 0 radical (unpaired) electrons. The monoisotopic (exact) mass is 274 g/mol. The minimum absolute atomic E-state index is 0.309. The molecule has 1 atom stereocenters. The number of anilines is 1. The number of fused-ring (bicyclic) bond motifs is 1. The average molecular weight is 274 g/mol. The molecule has 1 heterocycles.